The van der Waals surface area contributed by atoms with Gasteiger partial charge in [-0.3, -0.25) is 49.0 Å². The van der Waals surface area contributed by atoms with E-state index in [2.05, 4.69) is 36.2 Å². The summed E-state index contributed by atoms with van der Waals surface area (Å²) >= 11 is 12.6. The lowest BCUT2D eigenvalue weighted by atomic mass is 10.0. The van der Waals surface area contributed by atoms with Gasteiger partial charge in [0.1, 0.15) is 17.9 Å². The molecule has 1 saturated heterocycles. The van der Waals surface area contributed by atoms with E-state index in [1.54, 1.807) is 29.1 Å². The molecular formula is C38H35Cl2N9O6. The summed E-state index contributed by atoms with van der Waals surface area (Å²) in [5.41, 5.74) is 4.09. The van der Waals surface area contributed by atoms with E-state index in [1.807, 2.05) is 43.5 Å². The van der Waals surface area contributed by atoms with Crippen LogP contribution in [0.25, 0.3) is 23.1 Å². The van der Waals surface area contributed by atoms with Gasteiger partial charge in [0.25, 0.3) is 11.8 Å². The molecule has 2 aliphatic heterocycles. The summed E-state index contributed by atoms with van der Waals surface area (Å²) in [6.07, 6.45) is 11.0. The predicted octanol–water partition coefficient (Wildman–Crippen LogP) is 5.18. The summed E-state index contributed by atoms with van der Waals surface area (Å²) < 4.78 is 7.90. The van der Waals surface area contributed by atoms with Crippen LogP contribution < -0.4 is 20.7 Å². The van der Waals surface area contributed by atoms with Crippen LogP contribution >= 0.6 is 23.2 Å². The van der Waals surface area contributed by atoms with E-state index in [0.717, 1.165) is 27.1 Å². The Morgan fingerprint density at radius 2 is 1.82 bits per heavy atom. The van der Waals surface area contributed by atoms with Crippen molar-refractivity contribution in [3.8, 4) is 5.75 Å². The van der Waals surface area contributed by atoms with Gasteiger partial charge in [0.15, 0.2) is 0 Å². The fraction of sp³-hybridized carbons (Fsp3) is 0.263. The number of benzene rings is 2. The Balaban J connectivity index is 0.846. The van der Waals surface area contributed by atoms with Crippen molar-refractivity contribution >= 4 is 81.5 Å². The second-order valence-electron chi connectivity index (χ2n) is 13.1. The SMILES string of the molecule is C[C@@H](Oc1ccc2[nH]nc(/C=C/c3cnn(CCNC(=O)CCCNc4ccc5c(c4)C(=O)N(C4CCC(=O)NC4=O)C5=O)c3)c2c1)c1c(Cl)cncc1Cl. The maximum atomic E-state index is 13.1. The fourth-order valence-electron chi connectivity index (χ4n) is 6.51. The number of halogens is 2. The molecule has 282 valence electrons. The maximum Gasteiger partial charge on any atom is 0.262 e. The number of fused-ring (bicyclic) bond motifs is 2. The number of aromatic nitrogens is 5. The molecule has 17 heteroatoms. The van der Waals surface area contributed by atoms with Crippen LogP contribution in [0.3, 0.4) is 0 Å². The largest absolute Gasteiger partial charge is 0.486 e. The molecule has 5 amide bonds. The minimum Gasteiger partial charge on any atom is -0.486 e. The highest BCUT2D eigenvalue weighted by atomic mass is 35.5. The molecule has 3 aromatic heterocycles. The van der Waals surface area contributed by atoms with Crippen molar-refractivity contribution < 1.29 is 28.7 Å². The van der Waals surface area contributed by atoms with Crippen LogP contribution in [-0.4, -0.2) is 78.5 Å². The molecule has 15 nitrogen and oxygen atoms in total. The Labute approximate surface area is 324 Å². The van der Waals surface area contributed by atoms with Crippen molar-refractivity contribution in [1.82, 2.24) is 40.5 Å². The van der Waals surface area contributed by atoms with Gasteiger partial charge in [-0.1, -0.05) is 23.2 Å². The summed E-state index contributed by atoms with van der Waals surface area (Å²) in [5, 5.41) is 21.9. The topological polar surface area (TPSA) is 193 Å². The van der Waals surface area contributed by atoms with E-state index in [9.17, 15) is 24.0 Å². The van der Waals surface area contributed by atoms with Gasteiger partial charge in [0, 0.05) is 66.7 Å². The number of ether oxygens (including phenoxy) is 1. The lowest BCUT2D eigenvalue weighted by Gasteiger charge is -2.27. The van der Waals surface area contributed by atoms with Gasteiger partial charge in [0.05, 0.1) is 45.1 Å². The van der Waals surface area contributed by atoms with Gasteiger partial charge in [-0.05, 0) is 68.3 Å². The Hall–Kier alpha value is -6.06. The molecule has 5 aromatic rings. The molecule has 2 aromatic carbocycles. The Kier molecular flexibility index (Phi) is 10.9. The zero-order valence-electron chi connectivity index (χ0n) is 29.5. The number of hydrogen-bond donors (Lipinski definition) is 4. The van der Waals surface area contributed by atoms with Gasteiger partial charge < -0.3 is 15.4 Å². The smallest absolute Gasteiger partial charge is 0.262 e. The minimum absolute atomic E-state index is 0.0547. The molecule has 0 saturated carbocycles. The van der Waals surface area contributed by atoms with Crippen molar-refractivity contribution in [2.24, 2.45) is 0 Å². The number of amides is 5. The van der Waals surface area contributed by atoms with Crippen LogP contribution in [0, 0.1) is 0 Å². The van der Waals surface area contributed by atoms with Gasteiger partial charge >= 0.3 is 0 Å². The highest BCUT2D eigenvalue weighted by Crippen LogP contribution is 2.34. The number of H-pyrrole nitrogens is 1. The van der Waals surface area contributed by atoms with Crippen molar-refractivity contribution in [3.05, 3.63) is 99.2 Å². The fourth-order valence-corrected chi connectivity index (χ4v) is 7.18. The van der Waals surface area contributed by atoms with Crippen LogP contribution in [0.4, 0.5) is 5.69 Å². The number of carbonyl (C=O) groups is 5. The number of rotatable bonds is 14. The number of hydrogen-bond acceptors (Lipinski definition) is 10. The highest BCUT2D eigenvalue weighted by Gasteiger charge is 2.44. The highest BCUT2D eigenvalue weighted by molar-refractivity contribution is 6.35. The second kappa shape index (κ2) is 16.1. The van der Waals surface area contributed by atoms with Crippen LogP contribution in [0.1, 0.15) is 76.2 Å². The monoisotopic (exact) mass is 783 g/mol. The average Bonchev–Trinajstić information content (AvgIpc) is 3.85. The van der Waals surface area contributed by atoms with Gasteiger partial charge in [0.2, 0.25) is 17.7 Å². The third-order valence-corrected chi connectivity index (χ3v) is 9.88. The van der Waals surface area contributed by atoms with Crippen LogP contribution in [0.2, 0.25) is 10.0 Å². The van der Waals surface area contributed by atoms with Crippen molar-refractivity contribution in [3.63, 3.8) is 0 Å². The van der Waals surface area contributed by atoms with Crippen molar-refractivity contribution in [1.29, 1.82) is 0 Å². The van der Waals surface area contributed by atoms with Gasteiger partial charge in [-0.15, -0.1) is 0 Å². The molecule has 5 heterocycles. The number of aromatic amines is 1. The number of pyridine rings is 1. The molecule has 4 N–H and O–H groups in total. The van der Waals surface area contributed by atoms with Crippen molar-refractivity contribution in [2.75, 3.05) is 18.4 Å². The number of carbonyl (C=O) groups excluding carboxylic acids is 5. The summed E-state index contributed by atoms with van der Waals surface area (Å²) in [4.78, 5) is 67.2. The normalized spacial score (nSPS) is 16.1. The van der Waals surface area contributed by atoms with E-state index in [-0.39, 0.29) is 36.3 Å². The lowest BCUT2D eigenvalue weighted by molar-refractivity contribution is -0.136. The molecule has 1 unspecified atom stereocenters. The van der Waals surface area contributed by atoms with E-state index in [0.29, 0.717) is 53.1 Å². The lowest BCUT2D eigenvalue weighted by Crippen LogP contribution is -2.54. The molecule has 0 aliphatic carbocycles. The molecule has 0 radical (unpaired) electrons. The first-order chi connectivity index (χ1) is 26.5. The average molecular weight is 785 g/mol. The summed E-state index contributed by atoms with van der Waals surface area (Å²) in [7, 11) is 0. The summed E-state index contributed by atoms with van der Waals surface area (Å²) in [6, 6.07) is 9.40. The molecule has 0 bridgehead atoms. The van der Waals surface area contributed by atoms with Gasteiger partial charge in [-0.2, -0.15) is 10.2 Å². The Morgan fingerprint density at radius 1 is 1.02 bits per heavy atom. The zero-order chi connectivity index (χ0) is 38.6. The van der Waals surface area contributed by atoms with Crippen molar-refractivity contribution in [2.45, 2.75) is 51.3 Å². The number of nitrogens with zero attached hydrogens (tertiary/aromatic N) is 5. The minimum atomic E-state index is -1.02. The molecular weight excluding hydrogens is 749 g/mol. The zero-order valence-corrected chi connectivity index (χ0v) is 31.0. The Bertz CT molecular complexity index is 2340. The first-order valence-corrected chi connectivity index (χ1v) is 18.3. The standard InChI is InChI=1S/C38H35Cl2N9O6/c1-21(35-28(39)18-41-19-29(35)40)55-24-6-9-31-27(16-24)30(46-47-31)8-4-22-17-44-48(20-22)14-13-43-33(50)3-2-12-42-23-5-7-25-26(15-23)38(54)49(37(25)53)32-10-11-34(51)45-36(32)52/h4-9,15-21,32,42H,2-3,10-14H2,1H3,(H,43,50)(H,46,47)(H,45,51,52)/b8-4+/t21-,32?/m1/s1. The molecule has 7 rings (SSSR count). The van der Waals surface area contributed by atoms with Crippen LogP contribution in [-0.2, 0) is 20.9 Å². The molecule has 2 atom stereocenters. The van der Waals surface area contributed by atoms with Gasteiger partial charge in [-0.25, -0.2) is 0 Å². The number of nitrogens with one attached hydrogen (secondary N) is 4. The molecule has 2 aliphatic rings. The number of anilines is 1. The number of imide groups is 2. The first kappa shape index (κ1) is 37.3. The van der Waals surface area contributed by atoms with Crippen LogP contribution in [0.15, 0.2) is 61.2 Å². The van der Waals surface area contributed by atoms with E-state index in [1.165, 1.54) is 12.4 Å². The number of piperidine rings is 1. The molecule has 1 fully saturated rings. The third-order valence-electron chi connectivity index (χ3n) is 9.27. The van der Waals surface area contributed by atoms with E-state index >= 15 is 0 Å². The third kappa shape index (κ3) is 8.22. The maximum absolute atomic E-state index is 13.1. The van der Waals surface area contributed by atoms with E-state index in [4.69, 9.17) is 27.9 Å². The Morgan fingerprint density at radius 3 is 2.62 bits per heavy atom. The first-order valence-electron chi connectivity index (χ1n) is 17.6. The molecule has 0 spiro atoms. The van der Waals surface area contributed by atoms with Crippen LogP contribution in [0.5, 0.6) is 5.75 Å². The van der Waals surface area contributed by atoms with E-state index < -0.39 is 35.8 Å². The quantitative estimate of drug-likeness (QED) is 0.0862. The molecule has 55 heavy (non-hydrogen) atoms. The summed E-state index contributed by atoms with van der Waals surface area (Å²) in [6.45, 7) is 3.19. The second-order valence-corrected chi connectivity index (χ2v) is 13.9. The predicted molar refractivity (Wildman–Crippen MR) is 204 cm³/mol. The summed E-state index contributed by atoms with van der Waals surface area (Å²) in [5.74, 6) is -1.70.